The second-order valence-corrected chi connectivity index (χ2v) is 5.92. The number of thiophene rings is 1. The Kier molecular flexibility index (Phi) is 2.86. The standard InChI is InChI=1S/C12H8N6OS2/c13-18-9(8-2-1-4-19-8)16-17-12(18)21-11-7-3-5-20-10(7)14-6-15-11/h1-6H,13H2. The van der Waals surface area contributed by atoms with Gasteiger partial charge in [0, 0.05) is 5.39 Å². The van der Waals surface area contributed by atoms with Gasteiger partial charge in [0.2, 0.25) is 11.0 Å². The fourth-order valence-electron chi connectivity index (χ4n) is 1.86. The van der Waals surface area contributed by atoms with Crippen molar-refractivity contribution in [1.82, 2.24) is 24.8 Å². The van der Waals surface area contributed by atoms with Crippen LogP contribution in [0.5, 0.6) is 0 Å². The van der Waals surface area contributed by atoms with E-state index in [-0.39, 0.29) is 0 Å². The Morgan fingerprint density at radius 1 is 1.24 bits per heavy atom. The summed E-state index contributed by atoms with van der Waals surface area (Å²) in [6, 6.07) is 5.53. The number of fused-ring (bicyclic) bond motifs is 1. The molecule has 21 heavy (non-hydrogen) atoms. The fourth-order valence-corrected chi connectivity index (χ4v) is 3.47. The van der Waals surface area contributed by atoms with Crippen molar-refractivity contribution >= 4 is 33.3 Å². The molecule has 0 aliphatic heterocycles. The van der Waals surface area contributed by atoms with E-state index in [4.69, 9.17) is 10.3 Å². The quantitative estimate of drug-likeness (QED) is 0.458. The predicted molar refractivity (Wildman–Crippen MR) is 79.4 cm³/mol. The van der Waals surface area contributed by atoms with Crippen LogP contribution in [0.25, 0.3) is 21.8 Å². The Labute approximate surface area is 126 Å². The van der Waals surface area contributed by atoms with Crippen molar-refractivity contribution in [3.8, 4) is 11.6 Å². The van der Waals surface area contributed by atoms with E-state index in [0.29, 0.717) is 16.7 Å². The van der Waals surface area contributed by atoms with Gasteiger partial charge in [-0.25, -0.2) is 14.6 Å². The summed E-state index contributed by atoms with van der Waals surface area (Å²) in [7, 11) is 0. The van der Waals surface area contributed by atoms with Gasteiger partial charge in [-0.2, -0.15) is 0 Å². The summed E-state index contributed by atoms with van der Waals surface area (Å²) in [5.41, 5.74) is 0. The lowest BCUT2D eigenvalue weighted by molar-refractivity contribution is 0.574. The molecule has 0 atom stereocenters. The van der Waals surface area contributed by atoms with Gasteiger partial charge in [-0.3, -0.25) is 0 Å². The minimum atomic E-state index is 0.470. The van der Waals surface area contributed by atoms with Crippen molar-refractivity contribution in [2.24, 2.45) is 0 Å². The van der Waals surface area contributed by atoms with Gasteiger partial charge in [0.05, 0.1) is 6.26 Å². The highest BCUT2D eigenvalue weighted by atomic mass is 32.2. The van der Waals surface area contributed by atoms with E-state index in [9.17, 15) is 0 Å². The summed E-state index contributed by atoms with van der Waals surface area (Å²) in [5.74, 6) is 7.07. The number of rotatable bonds is 3. The number of nitrogens with zero attached hydrogens (tertiary/aromatic N) is 5. The Hall–Kier alpha value is -2.39. The third kappa shape index (κ3) is 2.06. The molecular formula is C12H8N6OS2. The molecule has 0 amide bonds. The smallest absolute Gasteiger partial charge is 0.218 e. The van der Waals surface area contributed by atoms with Gasteiger partial charge in [0.1, 0.15) is 16.2 Å². The molecule has 0 aliphatic carbocycles. The van der Waals surface area contributed by atoms with Crippen molar-refractivity contribution in [3.05, 3.63) is 36.2 Å². The summed E-state index contributed by atoms with van der Waals surface area (Å²) in [4.78, 5) is 9.43. The van der Waals surface area contributed by atoms with Crippen molar-refractivity contribution in [2.45, 2.75) is 10.2 Å². The molecule has 0 spiro atoms. The number of hydrogen-bond acceptors (Lipinski definition) is 8. The molecule has 4 heterocycles. The fraction of sp³-hybridized carbons (Fsp3) is 0. The topological polar surface area (TPSA) is 95.7 Å². The lowest BCUT2D eigenvalue weighted by Gasteiger charge is -2.02. The van der Waals surface area contributed by atoms with Crippen LogP contribution in [0.3, 0.4) is 0 Å². The van der Waals surface area contributed by atoms with Crippen molar-refractivity contribution < 1.29 is 4.42 Å². The zero-order valence-electron chi connectivity index (χ0n) is 10.5. The van der Waals surface area contributed by atoms with Gasteiger partial charge in [-0.05, 0) is 35.3 Å². The van der Waals surface area contributed by atoms with Crippen LogP contribution < -0.4 is 5.84 Å². The highest BCUT2D eigenvalue weighted by molar-refractivity contribution is 7.99. The zero-order valence-corrected chi connectivity index (χ0v) is 12.1. The molecule has 0 bridgehead atoms. The van der Waals surface area contributed by atoms with E-state index in [0.717, 1.165) is 15.2 Å². The van der Waals surface area contributed by atoms with Gasteiger partial charge in [-0.15, -0.1) is 21.5 Å². The van der Waals surface area contributed by atoms with Crippen LogP contribution in [0.4, 0.5) is 0 Å². The van der Waals surface area contributed by atoms with Gasteiger partial charge < -0.3 is 10.3 Å². The number of nitrogens with two attached hydrogens (primary N) is 1. The maximum absolute atomic E-state index is 6.03. The number of nitrogen functional groups attached to an aromatic ring is 1. The van der Waals surface area contributed by atoms with Crippen molar-refractivity contribution in [1.29, 1.82) is 0 Å². The monoisotopic (exact) mass is 316 g/mol. The first kappa shape index (κ1) is 12.4. The Morgan fingerprint density at radius 2 is 2.19 bits per heavy atom. The van der Waals surface area contributed by atoms with Gasteiger partial charge >= 0.3 is 0 Å². The highest BCUT2D eigenvalue weighted by Crippen LogP contribution is 2.32. The lowest BCUT2D eigenvalue weighted by atomic mass is 10.4. The molecule has 4 rings (SSSR count). The largest absolute Gasteiger partial charge is 0.461 e. The second-order valence-electron chi connectivity index (χ2n) is 4.07. The minimum absolute atomic E-state index is 0.470. The Balaban J connectivity index is 1.74. The van der Waals surface area contributed by atoms with Crippen molar-refractivity contribution in [3.63, 3.8) is 0 Å². The molecule has 9 heteroatoms. The molecular weight excluding hydrogens is 308 g/mol. The number of hydrogen-bond donors (Lipinski definition) is 1. The molecule has 0 saturated heterocycles. The van der Waals surface area contributed by atoms with E-state index in [1.54, 1.807) is 29.7 Å². The summed E-state index contributed by atoms with van der Waals surface area (Å²) >= 11 is 2.91. The summed E-state index contributed by atoms with van der Waals surface area (Å²) in [5, 5.41) is 12.4. The SMILES string of the molecule is Nn1c(Sc2ncnc3sccc23)nnc1-c1ccco1. The average Bonchev–Trinajstić information content (AvgIpc) is 3.21. The van der Waals surface area contributed by atoms with Crippen molar-refractivity contribution in [2.75, 3.05) is 5.84 Å². The molecule has 0 saturated carbocycles. The van der Waals surface area contributed by atoms with Crippen LogP contribution in [0.2, 0.25) is 0 Å². The van der Waals surface area contributed by atoms with E-state index in [1.807, 2.05) is 11.4 Å². The van der Waals surface area contributed by atoms with Crippen LogP contribution >= 0.6 is 23.1 Å². The zero-order chi connectivity index (χ0) is 14.2. The third-order valence-corrected chi connectivity index (χ3v) is 4.62. The molecule has 0 radical (unpaired) electrons. The van der Waals surface area contributed by atoms with E-state index in [1.165, 1.54) is 22.8 Å². The predicted octanol–water partition coefficient (Wildman–Crippen LogP) is 2.41. The van der Waals surface area contributed by atoms with Crippen LogP contribution in [-0.4, -0.2) is 24.8 Å². The molecule has 0 aromatic carbocycles. The van der Waals surface area contributed by atoms with Crippen LogP contribution in [0, 0.1) is 0 Å². The molecule has 0 aliphatic rings. The molecule has 4 aromatic heterocycles. The Bertz CT molecular complexity index is 898. The molecule has 0 fully saturated rings. The van der Waals surface area contributed by atoms with Crippen LogP contribution in [0.1, 0.15) is 0 Å². The number of aromatic nitrogens is 5. The van der Waals surface area contributed by atoms with E-state index >= 15 is 0 Å². The third-order valence-electron chi connectivity index (χ3n) is 2.82. The lowest BCUT2D eigenvalue weighted by Crippen LogP contribution is -2.11. The minimum Gasteiger partial charge on any atom is -0.461 e. The highest BCUT2D eigenvalue weighted by Gasteiger charge is 2.16. The first-order valence-corrected chi connectivity index (χ1v) is 7.63. The van der Waals surface area contributed by atoms with Gasteiger partial charge in [0.15, 0.2) is 5.76 Å². The summed E-state index contributed by atoms with van der Waals surface area (Å²) in [6.45, 7) is 0. The maximum Gasteiger partial charge on any atom is 0.218 e. The normalized spacial score (nSPS) is 11.2. The molecule has 7 nitrogen and oxygen atoms in total. The summed E-state index contributed by atoms with van der Waals surface area (Å²) < 4.78 is 6.68. The van der Waals surface area contributed by atoms with Crippen LogP contribution in [-0.2, 0) is 0 Å². The van der Waals surface area contributed by atoms with E-state index < -0.39 is 0 Å². The van der Waals surface area contributed by atoms with E-state index in [2.05, 4.69) is 20.2 Å². The maximum atomic E-state index is 6.03. The molecule has 0 unspecified atom stereocenters. The first-order chi connectivity index (χ1) is 10.3. The first-order valence-electron chi connectivity index (χ1n) is 5.93. The average molecular weight is 316 g/mol. The number of furan rings is 1. The van der Waals surface area contributed by atoms with Gasteiger partial charge in [0.25, 0.3) is 0 Å². The summed E-state index contributed by atoms with van der Waals surface area (Å²) in [6.07, 6.45) is 3.10. The Morgan fingerprint density at radius 3 is 3.05 bits per heavy atom. The molecule has 4 aromatic rings. The second kappa shape index (κ2) is 4.86. The van der Waals surface area contributed by atoms with Gasteiger partial charge in [-0.1, -0.05) is 0 Å². The molecule has 104 valence electrons. The van der Waals surface area contributed by atoms with Crippen LogP contribution in [0.15, 0.2) is 50.8 Å². The molecule has 2 N–H and O–H groups in total.